The van der Waals surface area contributed by atoms with Gasteiger partial charge in [0.15, 0.2) is 0 Å². The van der Waals surface area contributed by atoms with Crippen LogP contribution in [0.25, 0.3) is 0 Å². The molecule has 3 unspecified atom stereocenters. The molecule has 2 N–H and O–H groups in total. The molecule has 0 radical (unpaired) electrons. The first-order valence-corrected chi connectivity index (χ1v) is 6.60. The molecule has 1 aromatic heterocycles. The fourth-order valence-corrected chi connectivity index (χ4v) is 2.97. The lowest BCUT2D eigenvalue weighted by Crippen LogP contribution is -2.30. The second-order valence-corrected chi connectivity index (χ2v) is 5.79. The topological polar surface area (TPSA) is 44.5 Å². The average Bonchev–Trinajstić information content (AvgIpc) is 2.84. The number of ether oxygens (including phenoxy) is 2. The highest BCUT2D eigenvalue weighted by atomic mass is 35.5. The van der Waals surface area contributed by atoms with E-state index in [4.69, 9.17) is 26.8 Å². The Kier molecular flexibility index (Phi) is 4.21. The molecule has 0 bridgehead atoms. The maximum absolute atomic E-state index is 5.97. The largest absolute Gasteiger partial charge is 0.379 e. The van der Waals surface area contributed by atoms with E-state index in [1.54, 1.807) is 0 Å². The van der Waals surface area contributed by atoms with Crippen molar-refractivity contribution in [3.05, 3.63) is 21.3 Å². The lowest BCUT2D eigenvalue weighted by atomic mass is 10.1. The van der Waals surface area contributed by atoms with Crippen molar-refractivity contribution >= 4 is 22.9 Å². The molecule has 0 spiro atoms. The molecule has 16 heavy (non-hydrogen) atoms. The van der Waals surface area contributed by atoms with E-state index in [0.29, 0.717) is 6.61 Å². The third-order valence-electron chi connectivity index (χ3n) is 2.58. The number of halogens is 1. The Labute approximate surface area is 104 Å². The molecular weight excluding hydrogens is 246 g/mol. The van der Waals surface area contributed by atoms with Gasteiger partial charge in [-0.3, -0.25) is 0 Å². The highest BCUT2D eigenvalue weighted by Crippen LogP contribution is 2.32. The quantitative estimate of drug-likeness (QED) is 0.906. The van der Waals surface area contributed by atoms with Crippen LogP contribution in [-0.4, -0.2) is 25.4 Å². The number of rotatable bonds is 4. The van der Waals surface area contributed by atoms with Crippen LogP contribution in [0, 0.1) is 0 Å². The van der Waals surface area contributed by atoms with E-state index in [2.05, 4.69) is 0 Å². The molecule has 1 aromatic rings. The van der Waals surface area contributed by atoms with Gasteiger partial charge in [-0.05, 0) is 25.5 Å². The van der Waals surface area contributed by atoms with E-state index in [-0.39, 0.29) is 18.2 Å². The van der Waals surface area contributed by atoms with Gasteiger partial charge in [0.1, 0.15) is 6.10 Å². The van der Waals surface area contributed by atoms with Gasteiger partial charge < -0.3 is 15.2 Å². The van der Waals surface area contributed by atoms with E-state index < -0.39 is 0 Å². The van der Waals surface area contributed by atoms with E-state index in [1.165, 1.54) is 11.3 Å². The van der Waals surface area contributed by atoms with Gasteiger partial charge in [0.05, 0.1) is 17.0 Å². The van der Waals surface area contributed by atoms with Crippen molar-refractivity contribution in [2.45, 2.75) is 31.6 Å². The van der Waals surface area contributed by atoms with Gasteiger partial charge in [0.25, 0.3) is 0 Å². The first-order valence-electron chi connectivity index (χ1n) is 5.41. The number of nitrogens with two attached hydrogens (primary N) is 1. The monoisotopic (exact) mass is 261 g/mol. The van der Waals surface area contributed by atoms with Crippen molar-refractivity contribution in [2.24, 2.45) is 5.73 Å². The van der Waals surface area contributed by atoms with E-state index >= 15 is 0 Å². The van der Waals surface area contributed by atoms with Crippen molar-refractivity contribution < 1.29 is 9.47 Å². The molecule has 3 nitrogen and oxygen atoms in total. The summed E-state index contributed by atoms with van der Waals surface area (Å²) in [6.07, 6.45) is 1.03. The summed E-state index contributed by atoms with van der Waals surface area (Å²) < 4.78 is 12.0. The predicted octanol–water partition coefficient (Wildman–Crippen LogP) is 2.60. The summed E-state index contributed by atoms with van der Waals surface area (Å²) in [7, 11) is 0. The lowest BCUT2D eigenvalue weighted by molar-refractivity contribution is -0.0251. The van der Waals surface area contributed by atoms with Crippen LogP contribution in [0.1, 0.15) is 24.3 Å². The van der Waals surface area contributed by atoms with Gasteiger partial charge in [0.2, 0.25) is 0 Å². The second-order valence-electron chi connectivity index (χ2n) is 4.04. The SMILES string of the molecule is CC(N)C(OC1CCOC1)c1ccc(Cl)s1. The van der Waals surface area contributed by atoms with Crippen LogP contribution in [0.4, 0.5) is 0 Å². The molecule has 1 aliphatic rings. The molecule has 1 saturated heterocycles. The Bertz CT molecular complexity index is 336. The molecular formula is C11H16ClNO2S. The highest BCUT2D eigenvalue weighted by molar-refractivity contribution is 7.16. The Balaban J connectivity index is 2.04. The van der Waals surface area contributed by atoms with Crippen LogP contribution < -0.4 is 5.73 Å². The third-order valence-corrected chi connectivity index (χ3v) is 3.87. The summed E-state index contributed by atoms with van der Waals surface area (Å²) in [6.45, 7) is 3.40. The summed E-state index contributed by atoms with van der Waals surface area (Å²) >= 11 is 7.45. The molecule has 90 valence electrons. The Hall–Kier alpha value is -0.130. The third kappa shape index (κ3) is 2.96. The minimum atomic E-state index is -0.0794. The predicted molar refractivity (Wildman–Crippen MR) is 66.0 cm³/mol. The highest BCUT2D eigenvalue weighted by Gasteiger charge is 2.25. The molecule has 0 aliphatic carbocycles. The van der Waals surface area contributed by atoms with Crippen LogP contribution in [-0.2, 0) is 9.47 Å². The summed E-state index contributed by atoms with van der Waals surface area (Å²) in [5, 5.41) is 0. The van der Waals surface area contributed by atoms with Crippen molar-refractivity contribution in [3.63, 3.8) is 0 Å². The Morgan fingerprint density at radius 1 is 1.62 bits per heavy atom. The van der Waals surface area contributed by atoms with Crippen LogP contribution in [0.3, 0.4) is 0 Å². The summed E-state index contributed by atoms with van der Waals surface area (Å²) in [5.41, 5.74) is 5.95. The minimum absolute atomic E-state index is 0.0460. The molecule has 5 heteroatoms. The number of hydrogen-bond acceptors (Lipinski definition) is 4. The second kappa shape index (κ2) is 5.47. The summed E-state index contributed by atoms with van der Waals surface area (Å²) in [4.78, 5) is 1.09. The van der Waals surface area contributed by atoms with Crippen LogP contribution in [0.5, 0.6) is 0 Å². The normalized spacial score (nSPS) is 24.6. The standard InChI is InChI=1S/C11H16ClNO2S/c1-7(13)11(9-2-3-10(12)16-9)15-8-4-5-14-6-8/h2-3,7-8,11H,4-6,13H2,1H3. The number of thiophene rings is 1. The molecule has 2 rings (SSSR count). The first kappa shape index (κ1) is 12.3. The van der Waals surface area contributed by atoms with Gasteiger partial charge >= 0.3 is 0 Å². The Morgan fingerprint density at radius 3 is 2.94 bits per heavy atom. The molecule has 0 saturated carbocycles. The van der Waals surface area contributed by atoms with Crippen LogP contribution in [0.2, 0.25) is 4.34 Å². The Morgan fingerprint density at radius 2 is 2.44 bits per heavy atom. The van der Waals surface area contributed by atoms with Crippen molar-refractivity contribution in [1.29, 1.82) is 0 Å². The summed E-state index contributed by atoms with van der Waals surface area (Å²) in [5.74, 6) is 0. The summed E-state index contributed by atoms with van der Waals surface area (Å²) in [6, 6.07) is 3.82. The average molecular weight is 262 g/mol. The van der Waals surface area contributed by atoms with Gasteiger partial charge in [-0.25, -0.2) is 0 Å². The van der Waals surface area contributed by atoms with Gasteiger partial charge in [-0.1, -0.05) is 11.6 Å². The smallest absolute Gasteiger partial charge is 0.107 e. The van der Waals surface area contributed by atoms with Crippen molar-refractivity contribution in [2.75, 3.05) is 13.2 Å². The molecule has 1 fully saturated rings. The first-order chi connectivity index (χ1) is 7.66. The fraction of sp³-hybridized carbons (Fsp3) is 0.636. The van der Waals surface area contributed by atoms with Gasteiger partial charge in [0, 0.05) is 17.5 Å². The molecule has 2 heterocycles. The molecule has 1 aliphatic heterocycles. The lowest BCUT2D eigenvalue weighted by Gasteiger charge is -2.23. The molecule has 0 amide bonds. The van der Waals surface area contributed by atoms with E-state index in [1.807, 2.05) is 19.1 Å². The zero-order valence-corrected chi connectivity index (χ0v) is 10.8. The maximum atomic E-state index is 5.97. The van der Waals surface area contributed by atoms with E-state index in [9.17, 15) is 0 Å². The van der Waals surface area contributed by atoms with Crippen molar-refractivity contribution in [3.8, 4) is 0 Å². The zero-order valence-electron chi connectivity index (χ0n) is 9.19. The van der Waals surface area contributed by atoms with Crippen LogP contribution >= 0.6 is 22.9 Å². The number of hydrogen-bond donors (Lipinski definition) is 1. The van der Waals surface area contributed by atoms with Crippen LogP contribution in [0.15, 0.2) is 12.1 Å². The van der Waals surface area contributed by atoms with Gasteiger partial charge in [-0.2, -0.15) is 0 Å². The zero-order chi connectivity index (χ0) is 11.5. The molecule has 0 aromatic carbocycles. The minimum Gasteiger partial charge on any atom is -0.379 e. The molecule has 3 atom stereocenters. The maximum Gasteiger partial charge on any atom is 0.107 e. The fourth-order valence-electron chi connectivity index (χ4n) is 1.76. The van der Waals surface area contributed by atoms with Crippen molar-refractivity contribution in [1.82, 2.24) is 0 Å². The van der Waals surface area contributed by atoms with E-state index in [0.717, 1.165) is 22.2 Å². The van der Waals surface area contributed by atoms with Gasteiger partial charge in [-0.15, -0.1) is 11.3 Å².